The zero-order chi connectivity index (χ0) is 22.5. The molecule has 0 radical (unpaired) electrons. The van der Waals surface area contributed by atoms with E-state index >= 15 is 0 Å². The Hall–Kier alpha value is -2.16. The monoisotopic (exact) mass is 470 g/mol. The molecule has 1 aromatic carbocycles. The van der Waals surface area contributed by atoms with Gasteiger partial charge in [0.25, 0.3) is 0 Å². The first kappa shape index (κ1) is 23.0. The summed E-state index contributed by atoms with van der Waals surface area (Å²) in [5.41, 5.74) is 4.36. The van der Waals surface area contributed by atoms with Gasteiger partial charge in [-0.3, -0.25) is 9.36 Å². The first-order valence-electron chi connectivity index (χ1n) is 11.2. The number of amides is 1. The summed E-state index contributed by atoms with van der Waals surface area (Å²) >= 11 is 3.14. The van der Waals surface area contributed by atoms with Crippen LogP contribution in [0.15, 0.2) is 34.8 Å². The van der Waals surface area contributed by atoms with Crippen molar-refractivity contribution in [2.24, 2.45) is 0 Å². The van der Waals surface area contributed by atoms with Crippen LogP contribution < -0.4 is 5.32 Å². The average Bonchev–Trinajstić information content (AvgIpc) is 3.54. The lowest BCUT2D eigenvalue weighted by molar-refractivity contribution is -0.113. The maximum absolute atomic E-state index is 12.8. The lowest BCUT2D eigenvalue weighted by Crippen LogP contribution is -2.19. The minimum absolute atomic E-state index is 0.0230. The summed E-state index contributed by atoms with van der Waals surface area (Å²) in [6, 6.07) is 8.35. The number of benzene rings is 1. The van der Waals surface area contributed by atoms with Gasteiger partial charge in [-0.15, -0.1) is 21.5 Å². The van der Waals surface area contributed by atoms with Gasteiger partial charge in [0.2, 0.25) is 5.91 Å². The van der Waals surface area contributed by atoms with Crippen LogP contribution in [-0.2, 0) is 28.9 Å². The van der Waals surface area contributed by atoms with Gasteiger partial charge in [0.05, 0.1) is 18.4 Å². The van der Waals surface area contributed by atoms with Crippen molar-refractivity contribution in [2.45, 2.75) is 64.3 Å². The van der Waals surface area contributed by atoms with Gasteiger partial charge in [0, 0.05) is 28.1 Å². The number of hydrogen-bond donors (Lipinski definition) is 1. The second-order valence-electron chi connectivity index (χ2n) is 7.99. The largest absolute Gasteiger partial charge is 0.376 e. The number of hydrogen-bond acceptors (Lipinski definition) is 6. The number of ether oxygens (including phenoxy) is 1. The molecule has 3 aromatic rings. The van der Waals surface area contributed by atoms with E-state index in [9.17, 15) is 4.79 Å². The summed E-state index contributed by atoms with van der Waals surface area (Å²) < 4.78 is 7.99. The van der Waals surface area contributed by atoms with Gasteiger partial charge < -0.3 is 10.1 Å². The highest BCUT2D eigenvalue weighted by Crippen LogP contribution is 2.29. The number of aryl methyl sites for hydroxylation is 3. The first-order chi connectivity index (χ1) is 15.6. The summed E-state index contributed by atoms with van der Waals surface area (Å²) in [7, 11) is 0. The Kier molecular flexibility index (Phi) is 7.65. The van der Waals surface area contributed by atoms with Gasteiger partial charge in [0.15, 0.2) is 11.0 Å². The minimum Gasteiger partial charge on any atom is -0.376 e. The summed E-state index contributed by atoms with van der Waals surface area (Å²) in [5, 5.41) is 14.9. The van der Waals surface area contributed by atoms with E-state index < -0.39 is 0 Å². The van der Waals surface area contributed by atoms with E-state index in [2.05, 4.69) is 70.5 Å². The van der Waals surface area contributed by atoms with Crippen LogP contribution >= 0.6 is 23.1 Å². The van der Waals surface area contributed by atoms with E-state index in [-0.39, 0.29) is 17.8 Å². The molecule has 8 heteroatoms. The van der Waals surface area contributed by atoms with Crippen molar-refractivity contribution in [1.82, 2.24) is 14.8 Å². The third-order valence-electron chi connectivity index (χ3n) is 5.71. The van der Waals surface area contributed by atoms with Crippen LogP contribution in [0.5, 0.6) is 0 Å². The molecule has 1 N–H and O–H groups in total. The highest BCUT2D eigenvalue weighted by molar-refractivity contribution is 7.99. The van der Waals surface area contributed by atoms with Crippen molar-refractivity contribution in [1.29, 1.82) is 0 Å². The van der Waals surface area contributed by atoms with Crippen LogP contribution in [0.4, 0.5) is 5.69 Å². The molecule has 6 nitrogen and oxygen atoms in total. The van der Waals surface area contributed by atoms with E-state index in [1.165, 1.54) is 27.8 Å². The van der Waals surface area contributed by atoms with E-state index in [4.69, 9.17) is 4.74 Å². The van der Waals surface area contributed by atoms with Crippen LogP contribution in [0.2, 0.25) is 0 Å². The zero-order valence-electron chi connectivity index (χ0n) is 18.9. The molecule has 1 amide bonds. The molecule has 1 fully saturated rings. The fourth-order valence-corrected chi connectivity index (χ4v) is 5.46. The Morgan fingerprint density at radius 3 is 2.69 bits per heavy atom. The molecular weight excluding hydrogens is 440 g/mol. The second kappa shape index (κ2) is 10.6. The van der Waals surface area contributed by atoms with Crippen molar-refractivity contribution in [3.63, 3.8) is 0 Å². The number of thioether (sulfide) groups is 1. The second-order valence-corrected chi connectivity index (χ2v) is 10.1. The standard InChI is InChI=1S/C24H30N4O2S2/c1-4-17-8-6-9-18(5-2)22(17)25-21(29)15-32-24-27-26-23(19-12-16(3)31-14-19)28(24)13-20-10-7-11-30-20/h6,8-9,12,14,20H,4-5,7,10-11,13,15H2,1-3H3,(H,25,29). The van der Waals surface area contributed by atoms with E-state index in [1.54, 1.807) is 11.3 Å². The molecule has 1 unspecified atom stereocenters. The number of rotatable bonds is 9. The predicted molar refractivity (Wildman–Crippen MR) is 132 cm³/mol. The molecule has 0 bridgehead atoms. The molecule has 170 valence electrons. The average molecular weight is 471 g/mol. The van der Waals surface area contributed by atoms with Crippen LogP contribution in [0, 0.1) is 6.92 Å². The SMILES string of the molecule is CCc1cccc(CC)c1NC(=O)CSc1nnc(-c2csc(C)c2)n1CC1CCCO1. The summed E-state index contributed by atoms with van der Waals surface area (Å²) in [6.45, 7) is 7.83. The smallest absolute Gasteiger partial charge is 0.234 e. The molecular formula is C24H30N4O2S2. The molecule has 32 heavy (non-hydrogen) atoms. The van der Waals surface area contributed by atoms with Gasteiger partial charge in [0.1, 0.15) is 0 Å². The Morgan fingerprint density at radius 2 is 2.06 bits per heavy atom. The van der Waals surface area contributed by atoms with Crippen LogP contribution in [0.1, 0.15) is 42.7 Å². The Bertz CT molecular complexity index is 1050. The van der Waals surface area contributed by atoms with Gasteiger partial charge in [-0.2, -0.15) is 0 Å². The van der Waals surface area contributed by atoms with E-state index in [0.717, 1.165) is 54.5 Å². The van der Waals surface area contributed by atoms with E-state index in [0.29, 0.717) is 6.54 Å². The normalized spacial score (nSPS) is 15.9. The Balaban J connectivity index is 1.50. The molecule has 1 aliphatic rings. The molecule has 0 spiro atoms. The molecule has 4 rings (SSSR count). The molecule has 2 aromatic heterocycles. The minimum atomic E-state index is -0.0230. The number of thiophene rings is 1. The fourth-order valence-electron chi connectivity index (χ4n) is 4.04. The summed E-state index contributed by atoms with van der Waals surface area (Å²) in [6.07, 6.45) is 4.06. The third kappa shape index (κ3) is 5.24. The maximum Gasteiger partial charge on any atom is 0.234 e. The van der Waals surface area contributed by atoms with Gasteiger partial charge in [-0.25, -0.2) is 0 Å². The quantitative estimate of drug-likeness (QED) is 0.427. The molecule has 1 atom stereocenters. The van der Waals surface area contributed by atoms with Gasteiger partial charge in [-0.05, 0) is 49.8 Å². The van der Waals surface area contributed by atoms with Crippen molar-refractivity contribution >= 4 is 34.7 Å². The molecule has 1 aliphatic heterocycles. The number of carbonyl (C=O) groups excluding carboxylic acids is 1. The van der Waals surface area contributed by atoms with Gasteiger partial charge >= 0.3 is 0 Å². The lowest BCUT2D eigenvalue weighted by Gasteiger charge is -2.15. The maximum atomic E-state index is 12.8. The Morgan fingerprint density at radius 1 is 1.28 bits per heavy atom. The molecule has 3 heterocycles. The summed E-state index contributed by atoms with van der Waals surface area (Å²) in [4.78, 5) is 14.1. The molecule has 1 saturated heterocycles. The number of nitrogens with one attached hydrogen (secondary N) is 1. The highest BCUT2D eigenvalue weighted by Gasteiger charge is 2.23. The fraction of sp³-hybridized carbons (Fsp3) is 0.458. The van der Waals surface area contributed by atoms with Crippen molar-refractivity contribution in [3.8, 4) is 11.4 Å². The highest BCUT2D eigenvalue weighted by atomic mass is 32.2. The van der Waals surface area contributed by atoms with Crippen molar-refractivity contribution in [3.05, 3.63) is 45.6 Å². The Labute approximate surface area is 197 Å². The first-order valence-corrected chi connectivity index (χ1v) is 13.1. The number of anilines is 1. The third-order valence-corrected chi connectivity index (χ3v) is 7.54. The zero-order valence-corrected chi connectivity index (χ0v) is 20.5. The summed E-state index contributed by atoms with van der Waals surface area (Å²) in [5.74, 6) is 1.11. The number of para-hydroxylation sites is 1. The lowest BCUT2D eigenvalue weighted by atomic mass is 10.0. The van der Waals surface area contributed by atoms with Crippen molar-refractivity contribution < 1.29 is 9.53 Å². The number of aromatic nitrogens is 3. The van der Waals surface area contributed by atoms with E-state index in [1.807, 2.05) is 0 Å². The molecule has 0 saturated carbocycles. The van der Waals surface area contributed by atoms with Crippen molar-refractivity contribution in [2.75, 3.05) is 17.7 Å². The topological polar surface area (TPSA) is 69.0 Å². The number of nitrogens with zero attached hydrogens (tertiary/aromatic N) is 3. The number of carbonyl (C=O) groups is 1. The van der Waals surface area contributed by atoms with Crippen LogP contribution in [0.3, 0.4) is 0 Å². The van der Waals surface area contributed by atoms with Crippen LogP contribution in [-0.4, -0.2) is 39.1 Å². The molecule has 0 aliphatic carbocycles. The van der Waals surface area contributed by atoms with Crippen LogP contribution in [0.25, 0.3) is 11.4 Å². The predicted octanol–water partition coefficient (Wildman–Crippen LogP) is 5.35. The van der Waals surface area contributed by atoms with Gasteiger partial charge in [-0.1, -0.05) is 43.8 Å².